The number of carbonyl (C=O) groups is 1. The summed E-state index contributed by atoms with van der Waals surface area (Å²) >= 11 is 1.51. The molecule has 1 fully saturated rings. The van der Waals surface area contributed by atoms with Gasteiger partial charge in [0.15, 0.2) is 0 Å². The molecule has 1 aromatic carbocycles. The van der Waals surface area contributed by atoms with Crippen molar-refractivity contribution in [2.75, 3.05) is 26.1 Å². The third-order valence-electron chi connectivity index (χ3n) is 5.24. The molecule has 1 aromatic heterocycles. The molecule has 0 saturated heterocycles. The first-order valence-corrected chi connectivity index (χ1v) is 9.76. The number of carbonyl (C=O) groups excluding carboxylic acids is 1. The average molecular weight is 383 g/mol. The Hall–Kier alpha value is -2.56. The quantitative estimate of drug-likeness (QED) is 0.829. The normalized spacial score (nSPS) is 20.3. The standard InChI is InChI=1S/C20H21N3O3S/c1-25-11-3-4-17(26-2)14(7-11)13-8-15(13)19(24)23-20-16(9-21)12-5-6-22-10-18(12)27-20/h3-4,7,13,15,22H,5-6,8,10H2,1-2H3,(H,23,24). The van der Waals surface area contributed by atoms with Crippen molar-refractivity contribution in [3.63, 3.8) is 0 Å². The summed E-state index contributed by atoms with van der Waals surface area (Å²) in [6, 6.07) is 7.93. The van der Waals surface area contributed by atoms with E-state index in [0.29, 0.717) is 10.6 Å². The monoisotopic (exact) mass is 383 g/mol. The largest absolute Gasteiger partial charge is 0.497 e. The van der Waals surface area contributed by atoms with Crippen LogP contribution in [0, 0.1) is 17.2 Å². The molecule has 0 radical (unpaired) electrons. The van der Waals surface area contributed by atoms with E-state index >= 15 is 0 Å². The van der Waals surface area contributed by atoms with Gasteiger partial charge in [0.25, 0.3) is 0 Å². The van der Waals surface area contributed by atoms with Crippen LogP contribution in [0.15, 0.2) is 18.2 Å². The molecule has 140 valence electrons. The Kier molecular flexibility index (Phi) is 4.77. The van der Waals surface area contributed by atoms with Crippen LogP contribution in [-0.4, -0.2) is 26.7 Å². The number of thiophene rings is 1. The van der Waals surface area contributed by atoms with Crippen LogP contribution in [0.25, 0.3) is 0 Å². The highest BCUT2D eigenvalue weighted by molar-refractivity contribution is 7.16. The third kappa shape index (κ3) is 3.27. The van der Waals surface area contributed by atoms with Gasteiger partial charge in [-0.1, -0.05) is 0 Å². The van der Waals surface area contributed by atoms with Gasteiger partial charge in [-0.15, -0.1) is 11.3 Å². The number of amides is 1. The summed E-state index contributed by atoms with van der Waals surface area (Å²) in [6.07, 6.45) is 1.60. The molecule has 27 heavy (non-hydrogen) atoms. The van der Waals surface area contributed by atoms with E-state index in [4.69, 9.17) is 9.47 Å². The summed E-state index contributed by atoms with van der Waals surface area (Å²) in [5, 5.41) is 16.5. The van der Waals surface area contributed by atoms with E-state index in [-0.39, 0.29) is 17.7 Å². The van der Waals surface area contributed by atoms with Crippen molar-refractivity contribution in [1.82, 2.24) is 5.32 Å². The Morgan fingerprint density at radius 1 is 1.37 bits per heavy atom. The van der Waals surface area contributed by atoms with Crippen LogP contribution in [0.3, 0.4) is 0 Å². The minimum Gasteiger partial charge on any atom is -0.497 e. The predicted octanol–water partition coefficient (Wildman–Crippen LogP) is 3.02. The summed E-state index contributed by atoms with van der Waals surface area (Å²) in [5.41, 5.74) is 2.70. The van der Waals surface area contributed by atoms with E-state index in [1.165, 1.54) is 11.3 Å². The fraction of sp³-hybridized carbons (Fsp3) is 0.400. The fourth-order valence-electron chi connectivity index (χ4n) is 3.70. The molecule has 0 bridgehead atoms. The van der Waals surface area contributed by atoms with Gasteiger partial charge in [-0.3, -0.25) is 4.79 Å². The van der Waals surface area contributed by atoms with Gasteiger partial charge in [-0.05, 0) is 43.1 Å². The van der Waals surface area contributed by atoms with Crippen LogP contribution in [0.5, 0.6) is 11.5 Å². The van der Waals surface area contributed by atoms with E-state index < -0.39 is 0 Å². The number of nitrogens with zero attached hydrogens (tertiary/aromatic N) is 1. The van der Waals surface area contributed by atoms with Crippen molar-refractivity contribution in [3.8, 4) is 17.6 Å². The Labute approximate surface area is 162 Å². The molecule has 1 saturated carbocycles. The smallest absolute Gasteiger partial charge is 0.228 e. The summed E-state index contributed by atoms with van der Waals surface area (Å²) in [6.45, 7) is 1.63. The van der Waals surface area contributed by atoms with Crippen LogP contribution < -0.4 is 20.1 Å². The van der Waals surface area contributed by atoms with Gasteiger partial charge in [0, 0.05) is 28.8 Å². The molecule has 1 aliphatic heterocycles. The Morgan fingerprint density at radius 3 is 2.96 bits per heavy atom. The van der Waals surface area contributed by atoms with Crippen molar-refractivity contribution < 1.29 is 14.3 Å². The lowest BCUT2D eigenvalue weighted by molar-refractivity contribution is -0.117. The molecule has 7 heteroatoms. The first kappa shape index (κ1) is 17.8. The lowest BCUT2D eigenvalue weighted by Crippen LogP contribution is -2.22. The Bertz CT molecular complexity index is 931. The van der Waals surface area contributed by atoms with Crippen LogP contribution in [-0.2, 0) is 17.8 Å². The van der Waals surface area contributed by atoms with Gasteiger partial charge in [-0.25, -0.2) is 0 Å². The molecule has 0 spiro atoms. The van der Waals surface area contributed by atoms with Crippen LogP contribution in [0.4, 0.5) is 5.00 Å². The highest BCUT2D eigenvalue weighted by atomic mass is 32.1. The van der Waals surface area contributed by atoms with Crippen LogP contribution in [0.2, 0.25) is 0 Å². The van der Waals surface area contributed by atoms with Crippen LogP contribution in [0.1, 0.15) is 33.9 Å². The van der Waals surface area contributed by atoms with Gasteiger partial charge in [-0.2, -0.15) is 5.26 Å². The van der Waals surface area contributed by atoms with E-state index in [9.17, 15) is 10.1 Å². The van der Waals surface area contributed by atoms with Crippen molar-refractivity contribution in [1.29, 1.82) is 5.26 Å². The molecular formula is C20H21N3O3S. The number of anilines is 1. The second-order valence-electron chi connectivity index (χ2n) is 6.79. The van der Waals surface area contributed by atoms with Crippen LogP contribution >= 0.6 is 11.3 Å². The maximum Gasteiger partial charge on any atom is 0.228 e. The zero-order valence-corrected chi connectivity index (χ0v) is 16.1. The molecule has 1 amide bonds. The summed E-state index contributed by atoms with van der Waals surface area (Å²) in [4.78, 5) is 13.9. The van der Waals surface area contributed by atoms with Crippen molar-refractivity contribution in [2.24, 2.45) is 5.92 Å². The van der Waals surface area contributed by atoms with Crippen molar-refractivity contribution in [3.05, 3.63) is 39.8 Å². The first-order chi connectivity index (χ1) is 13.2. The lowest BCUT2D eigenvalue weighted by Gasteiger charge is -2.11. The highest BCUT2D eigenvalue weighted by Crippen LogP contribution is 2.52. The van der Waals surface area contributed by atoms with E-state index in [0.717, 1.165) is 53.4 Å². The average Bonchev–Trinajstić information content (AvgIpc) is 3.42. The molecule has 2 heterocycles. The molecule has 6 nitrogen and oxygen atoms in total. The molecule has 1 aliphatic carbocycles. The molecule has 2 aromatic rings. The number of fused-ring (bicyclic) bond motifs is 1. The maximum absolute atomic E-state index is 12.8. The summed E-state index contributed by atoms with van der Waals surface area (Å²) in [5.74, 6) is 1.48. The first-order valence-electron chi connectivity index (χ1n) is 8.94. The Balaban J connectivity index is 1.52. The predicted molar refractivity (Wildman–Crippen MR) is 103 cm³/mol. The number of rotatable bonds is 5. The number of hydrogen-bond acceptors (Lipinski definition) is 6. The SMILES string of the molecule is COc1ccc(OC)c(C2CC2C(=O)Nc2sc3c(c2C#N)CCNC3)c1. The van der Waals surface area contributed by atoms with Crippen molar-refractivity contribution >= 4 is 22.2 Å². The topological polar surface area (TPSA) is 83.4 Å². The number of benzene rings is 1. The van der Waals surface area contributed by atoms with E-state index in [1.54, 1.807) is 14.2 Å². The lowest BCUT2D eigenvalue weighted by atomic mass is 10.0. The minimum atomic E-state index is -0.116. The molecule has 4 rings (SSSR count). The zero-order valence-electron chi connectivity index (χ0n) is 15.3. The minimum absolute atomic E-state index is 0.0343. The van der Waals surface area contributed by atoms with E-state index in [1.807, 2.05) is 18.2 Å². The number of hydrogen-bond donors (Lipinski definition) is 2. The van der Waals surface area contributed by atoms with Gasteiger partial charge in [0.2, 0.25) is 5.91 Å². The second kappa shape index (κ2) is 7.22. The molecule has 2 unspecified atom stereocenters. The third-order valence-corrected chi connectivity index (χ3v) is 6.39. The fourth-order valence-corrected chi connectivity index (χ4v) is 4.87. The Morgan fingerprint density at radius 2 is 2.22 bits per heavy atom. The van der Waals surface area contributed by atoms with Crippen molar-refractivity contribution in [2.45, 2.75) is 25.3 Å². The van der Waals surface area contributed by atoms with Gasteiger partial charge < -0.3 is 20.1 Å². The van der Waals surface area contributed by atoms with E-state index in [2.05, 4.69) is 16.7 Å². The maximum atomic E-state index is 12.8. The zero-order chi connectivity index (χ0) is 19.0. The highest BCUT2D eigenvalue weighted by Gasteiger charge is 2.46. The number of nitrogens with one attached hydrogen (secondary N) is 2. The molecule has 2 atom stereocenters. The van der Waals surface area contributed by atoms with Gasteiger partial charge in [0.05, 0.1) is 19.8 Å². The number of ether oxygens (including phenoxy) is 2. The summed E-state index contributed by atoms with van der Waals surface area (Å²) in [7, 11) is 3.26. The number of methoxy groups -OCH3 is 2. The molecule has 2 N–H and O–H groups in total. The van der Waals surface area contributed by atoms with Gasteiger partial charge in [0.1, 0.15) is 22.6 Å². The number of nitriles is 1. The van der Waals surface area contributed by atoms with Gasteiger partial charge >= 0.3 is 0 Å². The summed E-state index contributed by atoms with van der Waals surface area (Å²) < 4.78 is 10.8. The second-order valence-corrected chi connectivity index (χ2v) is 7.90. The molecule has 2 aliphatic rings. The molecular weight excluding hydrogens is 362 g/mol.